The molecule has 7 nitrogen and oxygen atoms in total. The standard InChI is InChI=1S/C26H22FNO6/c1-33-19-10-11-20(21(13-19)34-2)24(30)22-23(16-4-3-5-18(29)12-16)28(26(32)25(22)31)14-15-6-8-17(27)9-7-15/h3-13,23,29-30H,14H2,1-2H3/b24-22-. The molecule has 1 atom stereocenters. The lowest BCUT2D eigenvalue weighted by molar-refractivity contribution is -0.140. The van der Waals surface area contributed by atoms with Gasteiger partial charge in [-0.1, -0.05) is 24.3 Å². The van der Waals surface area contributed by atoms with Crippen LogP contribution in [0, 0.1) is 5.82 Å². The molecule has 0 saturated carbocycles. The highest BCUT2D eigenvalue weighted by molar-refractivity contribution is 6.46. The zero-order valence-corrected chi connectivity index (χ0v) is 18.5. The molecule has 1 unspecified atom stereocenters. The van der Waals surface area contributed by atoms with Crippen LogP contribution in [0.5, 0.6) is 17.2 Å². The Morgan fingerprint density at radius 2 is 1.74 bits per heavy atom. The first-order chi connectivity index (χ1) is 16.3. The van der Waals surface area contributed by atoms with Crippen molar-refractivity contribution in [2.45, 2.75) is 12.6 Å². The largest absolute Gasteiger partial charge is 0.508 e. The summed E-state index contributed by atoms with van der Waals surface area (Å²) in [4.78, 5) is 27.5. The van der Waals surface area contributed by atoms with Crippen molar-refractivity contribution in [3.63, 3.8) is 0 Å². The highest BCUT2D eigenvalue weighted by Crippen LogP contribution is 2.42. The normalized spacial score (nSPS) is 17.1. The molecule has 1 heterocycles. The Kier molecular flexibility index (Phi) is 6.23. The van der Waals surface area contributed by atoms with E-state index >= 15 is 0 Å². The number of Topliss-reactive ketones (excluding diaryl/α,β-unsaturated/α-hetero) is 1. The van der Waals surface area contributed by atoms with Gasteiger partial charge in [-0.3, -0.25) is 9.59 Å². The maximum atomic E-state index is 13.4. The van der Waals surface area contributed by atoms with Gasteiger partial charge in [0.15, 0.2) is 0 Å². The number of carbonyl (C=O) groups is 2. The first kappa shape index (κ1) is 22.8. The Bertz CT molecular complexity index is 1280. The quantitative estimate of drug-likeness (QED) is 0.324. The molecule has 3 aromatic rings. The van der Waals surface area contributed by atoms with Crippen LogP contribution in [-0.4, -0.2) is 41.0 Å². The summed E-state index contributed by atoms with van der Waals surface area (Å²) in [5.41, 5.74) is 1.07. The van der Waals surface area contributed by atoms with E-state index in [9.17, 15) is 24.2 Å². The maximum absolute atomic E-state index is 13.4. The van der Waals surface area contributed by atoms with E-state index in [1.165, 1.54) is 61.6 Å². The number of nitrogens with zero attached hydrogens (tertiary/aromatic N) is 1. The number of ketones is 1. The first-order valence-corrected chi connectivity index (χ1v) is 10.4. The zero-order chi connectivity index (χ0) is 24.4. The molecule has 1 amide bonds. The summed E-state index contributed by atoms with van der Waals surface area (Å²) < 4.78 is 23.9. The van der Waals surface area contributed by atoms with Crippen LogP contribution in [0.3, 0.4) is 0 Å². The van der Waals surface area contributed by atoms with Crippen LogP contribution in [0.1, 0.15) is 22.7 Å². The maximum Gasteiger partial charge on any atom is 0.295 e. The van der Waals surface area contributed by atoms with Gasteiger partial charge in [-0.05, 0) is 47.5 Å². The summed E-state index contributed by atoms with van der Waals surface area (Å²) in [5.74, 6) is -1.90. The van der Waals surface area contributed by atoms with E-state index in [1.807, 2.05) is 0 Å². The van der Waals surface area contributed by atoms with Crippen molar-refractivity contribution >= 4 is 17.4 Å². The molecule has 8 heteroatoms. The molecule has 3 aromatic carbocycles. The third-order valence-corrected chi connectivity index (χ3v) is 5.66. The van der Waals surface area contributed by atoms with E-state index in [2.05, 4.69) is 0 Å². The fourth-order valence-electron chi connectivity index (χ4n) is 4.01. The summed E-state index contributed by atoms with van der Waals surface area (Å²) in [6, 6.07) is 15.3. The third kappa shape index (κ3) is 4.17. The van der Waals surface area contributed by atoms with Crippen LogP contribution in [0.25, 0.3) is 5.76 Å². The number of hydrogen-bond donors (Lipinski definition) is 2. The Labute approximate surface area is 195 Å². The predicted molar refractivity (Wildman–Crippen MR) is 122 cm³/mol. The highest BCUT2D eigenvalue weighted by atomic mass is 19.1. The summed E-state index contributed by atoms with van der Waals surface area (Å²) in [6.07, 6.45) is 0. The molecule has 1 fully saturated rings. The minimum absolute atomic E-state index is 0.0122. The number of methoxy groups -OCH3 is 2. The Morgan fingerprint density at radius 3 is 2.38 bits per heavy atom. The zero-order valence-electron chi connectivity index (χ0n) is 18.5. The molecule has 0 spiro atoms. The summed E-state index contributed by atoms with van der Waals surface area (Å²) in [7, 11) is 2.89. The van der Waals surface area contributed by atoms with Gasteiger partial charge in [0.25, 0.3) is 11.7 Å². The number of aliphatic hydroxyl groups excluding tert-OH is 1. The van der Waals surface area contributed by atoms with Gasteiger partial charge in [0.1, 0.15) is 28.8 Å². The van der Waals surface area contributed by atoms with Gasteiger partial charge in [0.05, 0.1) is 31.4 Å². The van der Waals surface area contributed by atoms with E-state index in [4.69, 9.17) is 9.47 Å². The van der Waals surface area contributed by atoms with Crippen molar-refractivity contribution in [1.82, 2.24) is 4.90 Å². The molecule has 0 aliphatic carbocycles. The van der Waals surface area contributed by atoms with Gasteiger partial charge in [0, 0.05) is 12.6 Å². The molecule has 1 aliphatic heterocycles. The van der Waals surface area contributed by atoms with Gasteiger partial charge in [-0.25, -0.2) is 4.39 Å². The third-order valence-electron chi connectivity index (χ3n) is 5.66. The van der Waals surface area contributed by atoms with Crippen LogP contribution in [0.4, 0.5) is 4.39 Å². The average Bonchev–Trinajstić information content (AvgIpc) is 3.09. The smallest absolute Gasteiger partial charge is 0.295 e. The SMILES string of the molecule is COc1ccc(/C(O)=C2/C(=O)C(=O)N(Cc3ccc(F)cc3)C2c2cccc(O)c2)c(OC)c1. The second-order valence-electron chi connectivity index (χ2n) is 7.71. The van der Waals surface area contributed by atoms with Gasteiger partial charge < -0.3 is 24.6 Å². The predicted octanol–water partition coefficient (Wildman–Crippen LogP) is 4.17. The Hall–Kier alpha value is -4.33. The van der Waals surface area contributed by atoms with Crippen LogP contribution < -0.4 is 9.47 Å². The van der Waals surface area contributed by atoms with E-state index in [0.29, 0.717) is 16.9 Å². The van der Waals surface area contributed by atoms with Crippen LogP contribution >= 0.6 is 0 Å². The molecule has 4 rings (SSSR count). The number of likely N-dealkylation sites (tertiary alicyclic amines) is 1. The molecule has 0 bridgehead atoms. The Morgan fingerprint density at radius 1 is 1.00 bits per heavy atom. The molecule has 2 N–H and O–H groups in total. The van der Waals surface area contributed by atoms with Crippen LogP contribution in [0.2, 0.25) is 0 Å². The van der Waals surface area contributed by atoms with E-state index in [1.54, 1.807) is 24.3 Å². The first-order valence-electron chi connectivity index (χ1n) is 10.4. The fourth-order valence-corrected chi connectivity index (χ4v) is 4.01. The highest BCUT2D eigenvalue weighted by Gasteiger charge is 2.46. The number of amides is 1. The van der Waals surface area contributed by atoms with E-state index < -0.39 is 29.3 Å². The molecule has 0 radical (unpaired) electrons. The lowest BCUT2D eigenvalue weighted by Gasteiger charge is -2.25. The van der Waals surface area contributed by atoms with Crippen LogP contribution in [0.15, 0.2) is 72.3 Å². The second-order valence-corrected chi connectivity index (χ2v) is 7.71. The minimum atomic E-state index is -0.996. The minimum Gasteiger partial charge on any atom is -0.508 e. The van der Waals surface area contributed by atoms with Gasteiger partial charge in [-0.2, -0.15) is 0 Å². The number of phenols is 1. The number of halogens is 1. The van der Waals surface area contributed by atoms with Gasteiger partial charge in [-0.15, -0.1) is 0 Å². The molecular formula is C26H22FNO6. The topological polar surface area (TPSA) is 96.3 Å². The molecule has 0 aromatic heterocycles. The van der Waals surface area contributed by atoms with Gasteiger partial charge in [0.2, 0.25) is 0 Å². The molecular weight excluding hydrogens is 441 g/mol. The number of benzene rings is 3. The molecule has 34 heavy (non-hydrogen) atoms. The van der Waals surface area contributed by atoms with Crippen molar-refractivity contribution in [3.8, 4) is 17.2 Å². The molecule has 1 saturated heterocycles. The second kappa shape index (κ2) is 9.27. The number of aliphatic hydroxyl groups is 1. The lowest BCUT2D eigenvalue weighted by atomic mass is 9.94. The van der Waals surface area contributed by atoms with E-state index in [-0.39, 0.29) is 29.2 Å². The Balaban J connectivity index is 1.89. The average molecular weight is 463 g/mol. The fraction of sp³-hybridized carbons (Fsp3) is 0.154. The number of hydrogen-bond acceptors (Lipinski definition) is 6. The van der Waals surface area contributed by atoms with Crippen LogP contribution in [-0.2, 0) is 16.1 Å². The summed E-state index contributed by atoms with van der Waals surface area (Å²) >= 11 is 0. The summed E-state index contributed by atoms with van der Waals surface area (Å²) in [5, 5.41) is 21.3. The van der Waals surface area contributed by atoms with Crippen molar-refractivity contribution in [2.75, 3.05) is 14.2 Å². The van der Waals surface area contributed by atoms with Crippen molar-refractivity contribution in [1.29, 1.82) is 0 Å². The van der Waals surface area contributed by atoms with Crippen molar-refractivity contribution in [3.05, 3.63) is 94.8 Å². The lowest BCUT2D eigenvalue weighted by Crippen LogP contribution is -2.29. The number of ether oxygens (including phenoxy) is 2. The molecule has 174 valence electrons. The number of aromatic hydroxyl groups is 1. The van der Waals surface area contributed by atoms with Gasteiger partial charge >= 0.3 is 0 Å². The van der Waals surface area contributed by atoms with Crippen molar-refractivity contribution < 1.29 is 33.7 Å². The monoisotopic (exact) mass is 463 g/mol. The van der Waals surface area contributed by atoms with E-state index in [0.717, 1.165) is 0 Å². The van der Waals surface area contributed by atoms with Crippen molar-refractivity contribution in [2.24, 2.45) is 0 Å². The number of phenolic OH excluding ortho intramolecular Hbond substituents is 1. The summed E-state index contributed by atoms with van der Waals surface area (Å²) in [6.45, 7) is -0.0122. The molecule has 1 aliphatic rings. The number of carbonyl (C=O) groups excluding carboxylic acids is 2. The number of rotatable bonds is 6.